The Balaban J connectivity index is 1.86. The van der Waals surface area contributed by atoms with E-state index in [9.17, 15) is 8.42 Å². The molecule has 0 aliphatic carbocycles. The van der Waals surface area contributed by atoms with Gasteiger partial charge in [0.2, 0.25) is 0 Å². The zero-order chi connectivity index (χ0) is 19.3. The van der Waals surface area contributed by atoms with Crippen LogP contribution in [0.5, 0.6) is 11.5 Å². The molecule has 3 rings (SSSR count). The molecule has 3 aromatic carbocycles. The maximum absolute atomic E-state index is 12.4. The van der Waals surface area contributed by atoms with Gasteiger partial charge in [-0.3, -0.25) is 0 Å². The van der Waals surface area contributed by atoms with E-state index in [1.807, 2.05) is 37.3 Å². The van der Waals surface area contributed by atoms with Crippen LogP contribution in [0.4, 0.5) is 0 Å². The van der Waals surface area contributed by atoms with E-state index < -0.39 is 10.1 Å². The van der Waals surface area contributed by atoms with E-state index in [4.69, 9.17) is 8.92 Å². The van der Waals surface area contributed by atoms with Gasteiger partial charge in [0.1, 0.15) is 16.4 Å². The van der Waals surface area contributed by atoms with Gasteiger partial charge < -0.3 is 8.92 Å². The summed E-state index contributed by atoms with van der Waals surface area (Å²) in [5.74, 6) is 6.68. The molecule has 0 atom stereocenters. The molecule has 27 heavy (non-hydrogen) atoms. The topological polar surface area (TPSA) is 52.6 Å². The Morgan fingerprint density at radius 3 is 2.22 bits per heavy atom. The van der Waals surface area contributed by atoms with Crippen LogP contribution >= 0.6 is 0 Å². The van der Waals surface area contributed by atoms with Gasteiger partial charge in [-0.15, -0.1) is 0 Å². The Hall–Kier alpha value is -3.23. The Kier molecular flexibility index (Phi) is 5.49. The minimum absolute atomic E-state index is 0.0972. The smallest absolute Gasteiger partial charge is 0.339 e. The van der Waals surface area contributed by atoms with Gasteiger partial charge in [0.15, 0.2) is 0 Å². The van der Waals surface area contributed by atoms with Crippen LogP contribution in [0, 0.1) is 18.8 Å². The molecule has 0 aliphatic heterocycles. The van der Waals surface area contributed by atoms with Crippen LogP contribution in [0.25, 0.3) is 0 Å². The largest absolute Gasteiger partial charge is 0.495 e. The van der Waals surface area contributed by atoms with Gasteiger partial charge >= 0.3 is 10.1 Å². The van der Waals surface area contributed by atoms with E-state index in [0.717, 1.165) is 11.1 Å². The fourth-order valence-corrected chi connectivity index (χ4v) is 3.29. The highest BCUT2D eigenvalue weighted by Gasteiger charge is 2.17. The fraction of sp³-hybridized carbons (Fsp3) is 0.0909. The molecule has 136 valence electrons. The Morgan fingerprint density at radius 1 is 0.852 bits per heavy atom. The Labute approximate surface area is 159 Å². The summed E-state index contributed by atoms with van der Waals surface area (Å²) >= 11 is 0. The van der Waals surface area contributed by atoms with Gasteiger partial charge in [0.05, 0.1) is 12.7 Å². The molecule has 0 spiro atoms. The molecule has 0 unspecified atom stereocenters. The zero-order valence-corrected chi connectivity index (χ0v) is 15.8. The van der Waals surface area contributed by atoms with E-state index in [0.29, 0.717) is 11.3 Å². The third-order valence-corrected chi connectivity index (χ3v) is 5.07. The molecule has 0 heterocycles. The number of benzene rings is 3. The first-order chi connectivity index (χ1) is 13.0. The molecule has 3 aromatic rings. The maximum atomic E-state index is 12.4. The fourth-order valence-electron chi connectivity index (χ4n) is 2.37. The van der Waals surface area contributed by atoms with Crippen molar-refractivity contribution in [3.05, 3.63) is 89.5 Å². The van der Waals surface area contributed by atoms with Gasteiger partial charge in [-0.05, 0) is 43.3 Å². The molecule has 0 radical (unpaired) electrons. The highest BCUT2D eigenvalue weighted by atomic mass is 32.2. The molecule has 0 bridgehead atoms. The van der Waals surface area contributed by atoms with Crippen LogP contribution in [0.15, 0.2) is 77.7 Å². The normalized spacial score (nSPS) is 10.6. The van der Waals surface area contributed by atoms with Crippen molar-refractivity contribution in [3.63, 3.8) is 0 Å². The van der Waals surface area contributed by atoms with Gasteiger partial charge in [-0.1, -0.05) is 47.7 Å². The van der Waals surface area contributed by atoms with Crippen LogP contribution in [0.1, 0.15) is 16.7 Å². The summed E-state index contributed by atoms with van der Waals surface area (Å²) in [5, 5.41) is 0. The monoisotopic (exact) mass is 378 g/mol. The third-order valence-electron chi connectivity index (χ3n) is 3.80. The number of ether oxygens (including phenoxy) is 1. The highest BCUT2D eigenvalue weighted by Crippen LogP contribution is 2.26. The molecule has 0 N–H and O–H groups in total. The highest BCUT2D eigenvalue weighted by molar-refractivity contribution is 7.87. The Bertz CT molecular complexity index is 1090. The van der Waals surface area contributed by atoms with E-state index in [1.165, 1.54) is 25.3 Å². The molecule has 0 saturated carbocycles. The van der Waals surface area contributed by atoms with Crippen molar-refractivity contribution < 1.29 is 17.3 Å². The van der Waals surface area contributed by atoms with E-state index in [-0.39, 0.29) is 10.6 Å². The lowest BCUT2D eigenvalue weighted by Gasteiger charge is -2.09. The Morgan fingerprint density at radius 2 is 1.56 bits per heavy atom. The van der Waals surface area contributed by atoms with Crippen LogP contribution < -0.4 is 8.92 Å². The molecule has 0 fully saturated rings. The molecule has 0 aromatic heterocycles. The second kappa shape index (κ2) is 7.98. The summed E-state index contributed by atoms with van der Waals surface area (Å²) in [6.07, 6.45) is 0. The van der Waals surface area contributed by atoms with E-state index in [2.05, 4.69) is 11.8 Å². The van der Waals surface area contributed by atoms with Crippen LogP contribution in [0.3, 0.4) is 0 Å². The lowest BCUT2D eigenvalue weighted by Crippen LogP contribution is -2.09. The SMILES string of the molecule is COc1cc(OS(=O)(=O)c2ccc(C)cc2)ccc1C#Cc1ccccc1. The zero-order valence-electron chi connectivity index (χ0n) is 15.0. The summed E-state index contributed by atoms with van der Waals surface area (Å²) in [4.78, 5) is 0.0972. The number of hydrogen-bond acceptors (Lipinski definition) is 4. The third kappa shape index (κ3) is 4.69. The quantitative estimate of drug-likeness (QED) is 0.505. The van der Waals surface area contributed by atoms with Crippen molar-refractivity contribution in [2.45, 2.75) is 11.8 Å². The van der Waals surface area contributed by atoms with Gasteiger partial charge in [-0.2, -0.15) is 8.42 Å². The van der Waals surface area contributed by atoms with E-state index >= 15 is 0 Å². The van der Waals surface area contributed by atoms with Crippen molar-refractivity contribution in [2.24, 2.45) is 0 Å². The molecule has 0 saturated heterocycles. The summed E-state index contributed by atoms with van der Waals surface area (Å²) in [7, 11) is -2.41. The summed E-state index contributed by atoms with van der Waals surface area (Å²) in [5.41, 5.74) is 2.49. The standard InChI is InChI=1S/C22H18O4S/c1-17-8-14-21(15-9-17)27(23,24)26-20-13-12-19(22(16-20)25-2)11-10-18-6-4-3-5-7-18/h3-9,12-16H,1-2H3. The average Bonchev–Trinajstić information content (AvgIpc) is 2.67. The molecular formula is C22H18O4S. The number of aryl methyl sites for hydroxylation is 1. The van der Waals surface area contributed by atoms with Crippen LogP contribution in [0.2, 0.25) is 0 Å². The molecule has 0 aliphatic rings. The second-order valence-electron chi connectivity index (χ2n) is 5.83. The summed E-state index contributed by atoms with van der Waals surface area (Å²) in [6.45, 7) is 1.89. The van der Waals surface area contributed by atoms with E-state index in [1.54, 1.807) is 24.3 Å². The van der Waals surface area contributed by atoms with Crippen molar-refractivity contribution in [3.8, 4) is 23.3 Å². The lowest BCUT2D eigenvalue weighted by molar-refractivity contribution is 0.410. The van der Waals surface area contributed by atoms with Crippen molar-refractivity contribution in [1.82, 2.24) is 0 Å². The first kappa shape index (κ1) is 18.6. The van der Waals surface area contributed by atoms with Gasteiger partial charge in [0, 0.05) is 11.6 Å². The number of methoxy groups -OCH3 is 1. The predicted octanol–water partition coefficient (Wildman–Crippen LogP) is 4.17. The van der Waals surface area contributed by atoms with Gasteiger partial charge in [0.25, 0.3) is 0 Å². The van der Waals surface area contributed by atoms with Crippen molar-refractivity contribution in [1.29, 1.82) is 0 Å². The average molecular weight is 378 g/mol. The van der Waals surface area contributed by atoms with Crippen molar-refractivity contribution in [2.75, 3.05) is 7.11 Å². The molecule has 0 amide bonds. The molecule has 5 heteroatoms. The summed E-state index contributed by atoms with van der Waals surface area (Å²) in [6, 6.07) is 20.8. The van der Waals surface area contributed by atoms with Gasteiger partial charge in [-0.25, -0.2) is 0 Å². The molecule has 4 nitrogen and oxygen atoms in total. The maximum Gasteiger partial charge on any atom is 0.339 e. The minimum Gasteiger partial charge on any atom is -0.495 e. The first-order valence-corrected chi connectivity index (χ1v) is 9.65. The number of rotatable bonds is 4. The second-order valence-corrected chi connectivity index (χ2v) is 7.37. The summed E-state index contributed by atoms with van der Waals surface area (Å²) < 4.78 is 35.4. The first-order valence-electron chi connectivity index (χ1n) is 8.24. The van der Waals surface area contributed by atoms with Crippen LogP contribution in [-0.2, 0) is 10.1 Å². The minimum atomic E-state index is -3.91. The van der Waals surface area contributed by atoms with Crippen LogP contribution in [-0.4, -0.2) is 15.5 Å². The van der Waals surface area contributed by atoms with Crippen molar-refractivity contribution >= 4 is 10.1 Å². The predicted molar refractivity (Wildman–Crippen MR) is 104 cm³/mol. The number of hydrogen-bond donors (Lipinski definition) is 0. The lowest BCUT2D eigenvalue weighted by atomic mass is 10.1. The molecular weight excluding hydrogens is 360 g/mol.